The number of aryl methyl sites for hydroxylation is 3. The quantitative estimate of drug-likeness (QED) is 0.443. The summed E-state index contributed by atoms with van der Waals surface area (Å²) in [5.74, 6) is 0. The summed E-state index contributed by atoms with van der Waals surface area (Å²) in [5, 5.41) is 5.32. The molecular formula is C20H23OP. The van der Waals surface area contributed by atoms with Crippen molar-refractivity contribution in [1.29, 1.82) is 0 Å². The summed E-state index contributed by atoms with van der Waals surface area (Å²) in [7, 11) is -2.01. The first-order chi connectivity index (χ1) is 10.4. The smallest absolute Gasteiger partial charge is 0.0822 e. The van der Waals surface area contributed by atoms with E-state index >= 15 is 0 Å². The van der Waals surface area contributed by atoms with E-state index in [-0.39, 0.29) is 0 Å². The average molecular weight is 310 g/mol. The minimum atomic E-state index is -2.01. The van der Waals surface area contributed by atoms with Crippen molar-refractivity contribution in [1.82, 2.24) is 0 Å². The van der Waals surface area contributed by atoms with Gasteiger partial charge in [0.1, 0.15) is 0 Å². The van der Waals surface area contributed by atoms with Gasteiger partial charge in [-0.2, -0.15) is 0 Å². The molecule has 0 radical (unpaired) electrons. The Kier molecular flexibility index (Phi) is 3.87. The minimum absolute atomic E-state index is 0.767. The molecule has 114 valence electrons. The van der Waals surface area contributed by atoms with Gasteiger partial charge in [-0.25, -0.2) is 0 Å². The Morgan fingerprint density at radius 3 is 2.18 bits per heavy atom. The summed E-state index contributed by atoms with van der Waals surface area (Å²) >= 11 is 0. The van der Waals surface area contributed by atoms with Gasteiger partial charge < -0.3 is 4.57 Å². The zero-order valence-electron chi connectivity index (χ0n) is 13.8. The third kappa shape index (κ3) is 2.71. The Morgan fingerprint density at radius 1 is 0.864 bits per heavy atom. The maximum absolute atomic E-state index is 12.2. The number of hydrogen-bond acceptors (Lipinski definition) is 1. The molecule has 0 aliphatic rings. The molecule has 0 saturated heterocycles. The molecule has 0 spiro atoms. The van der Waals surface area contributed by atoms with Crippen molar-refractivity contribution in [2.24, 2.45) is 0 Å². The molecule has 1 nitrogen and oxygen atoms in total. The lowest BCUT2D eigenvalue weighted by molar-refractivity contribution is 0.582. The predicted molar refractivity (Wildman–Crippen MR) is 99.0 cm³/mol. The topological polar surface area (TPSA) is 17.1 Å². The van der Waals surface area contributed by atoms with Gasteiger partial charge in [0.15, 0.2) is 0 Å². The van der Waals surface area contributed by atoms with E-state index in [4.69, 9.17) is 0 Å². The molecule has 0 atom stereocenters. The molecule has 3 rings (SSSR count). The van der Waals surface area contributed by atoms with Crippen LogP contribution in [0, 0.1) is 13.8 Å². The normalized spacial score (nSPS) is 12.2. The van der Waals surface area contributed by atoms with Gasteiger partial charge in [-0.15, -0.1) is 0 Å². The largest absolute Gasteiger partial charge is 0.324 e. The maximum Gasteiger partial charge on any atom is 0.0822 e. The third-order valence-electron chi connectivity index (χ3n) is 4.53. The molecule has 0 N–H and O–H groups in total. The van der Waals surface area contributed by atoms with Crippen molar-refractivity contribution >= 4 is 28.7 Å². The first-order valence-electron chi connectivity index (χ1n) is 7.82. The van der Waals surface area contributed by atoms with E-state index in [1.165, 1.54) is 38.2 Å². The molecule has 0 unspecified atom stereocenters. The van der Waals surface area contributed by atoms with E-state index in [2.05, 4.69) is 56.3 Å². The second-order valence-electron chi connectivity index (χ2n) is 6.69. The molecule has 3 aromatic rings. The number of hydrogen-bond donors (Lipinski definition) is 0. The van der Waals surface area contributed by atoms with Crippen LogP contribution in [0.5, 0.6) is 0 Å². The zero-order chi connectivity index (χ0) is 15.9. The van der Waals surface area contributed by atoms with Crippen molar-refractivity contribution in [3.8, 4) is 0 Å². The van der Waals surface area contributed by atoms with Gasteiger partial charge in [0.25, 0.3) is 0 Å². The van der Waals surface area contributed by atoms with Crippen molar-refractivity contribution in [3.63, 3.8) is 0 Å². The van der Waals surface area contributed by atoms with Crippen molar-refractivity contribution < 1.29 is 4.57 Å². The van der Waals surface area contributed by atoms with Crippen LogP contribution < -0.4 is 0 Å². The van der Waals surface area contributed by atoms with Gasteiger partial charge in [0.2, 0.25) is 0 Å². The van der Waals surface area contributed by atoms with E-state index in [0.717, 1.165) is 12.6 Å². The number of rotatable bonds is 3. The summed E-state index contributed by atoms with van der Waals surface area (Å²) in [4.78, 5) is 0. The summed E-state index contributed by atoms with van der Waals surface area (Å²) in [6, 6.07) is 15.1. The first kappa shape index (κ1) is 15.3. The van der Waals surface area contributed by atoms with E-state index in [1.54, 1.807) is 0 Å². The molecule has 0 saturated carbocycles. The van der Waals surface area contributed by atoms with Gasteiger partial charge in [-0.1, -0.05) is 42.5 Å². The van der Waals surface area contributed by atoms with Gasteiger partial charge in [0, 0.05) is 6.16 Å². The molecule has 2 heteroatoms. The van der Waals surface area contributed by atoms with Crippen LogP contribution >= 0.6 is 7.14 Å². The molecule has 0 aliphatic heterocycles. The van der Waals surface area contributed by atoms with Gasteiger partial charge in [-0.3, -0.25) is 0 Å². The number of fused-ring (bicyclic) bond motifs is 2. The molecule has 3 aromatic carbocycles. The molecular weight excluding hydrogens is 287 g/mol. The van der Waals surface area contributed by atoms with Crippen molar-refractivity contribution in [2.75, 3.05) is 19.5 Å². The Bertz CT molecular complexity index is 902. The van der Waals surface area contributed by atoms with Crippen LogP contribution in [0.4, 0.5) is 0 Å². The van der Waals surface area contributed by atoms with Crippen LogP contribution in [0.15, 0.2) is 42.5 Å². The highest BCUT2D eigenvalue weighted by molar-refractivity contribution is 7.62. The van der Waals surface area contributed by atoms with Crippen LogP contribution in [-0.4, -0.2) is 19.5 Å². The Labute approximate surface area is 132 Å². The lowest BCUT2D eigenvalue weighted by atomic mass is 9.89. The average Bonchev–Trinajstić information content (AvgIpc) is 2.46. The summed E-state index contributed by atoms with van der Waals surface area (Å²) in [5.41, 5.74) is 4.02. The summed E-state index contributed by atoms with van der Waals surface area (Å²) in [6.45, 7) is 8.16. The molecule has 0 amide bonds. The van der Waals surface area contributed by atoms with Gasteiger partial charge >= 0.3 is 0 Å². The van der Waals surface area contributed by atoms with Gasteiger partial charge in [-0.05, 0) is 71.8 Å². The molecule has 0 aliphatic carbocycles. The predicted octanol–water partition coefficient (Wildman–Crippen LogP) is 5.78. The van der Waals surface area contributed by atoms with Crippen LogP contribution in [0.25, 0.3) is 21.5 Å². The second kappa shape index (κ2) is 5.56. The fraction of sp³-hybridized carbons (Fsp3) is 0.300. The highest BCUT2D eigenvalue weighted by Crippen LogP contribution is 2.40. The summed E-state index contributed by atoms with van der Waals surface area (Å²) in [6.07, 6.45) is 1.65. The zero-order valence-corrected chi connectivity index (χ0v) is 14.7. The Morgan fingerprint density at radius 2 is 1.50 bits per heavy atom. The van der Waals surface area contributed by atoms with E-state index in [9.17, 15) is 4.57 Å². The fourth-order valence-corrected chi connectivity index (χ4v) is 4.18. The van der Waals surface area contributed by atoms with E-state index in [0.29, 0.717) is 0 Å². The van der Waals surface area contributed by atoms with Crippen LogP contribution in [0.3, 0.4) is 0 Å². The fourth-order valence-electron chi connectivity index (χ4n) is 3.42. The summed E-state index contributed by atoms with van der Waals surface area (Å²) < 4.78 is 12.2. The first-order valence-corrected chi connectivity index (χ1v) is 10.6. The van der Waals surface area contributed by atoms with Crippen LogP contribution in [-0.2, 0) is 11.0 Å². The molecule has 0 heterocycles. The standard InChI is InChI=1S/C20H23OP/c1-14-8-7-11-19-18(12-13-22(3,4)21)17-10-6-5-9-16(17)15(2)20(14)19/h5-11H,12-13H2,1-4H3. The minimum Gasteiger partial charge on any atom is -0.324 e. The van der Waals surface area contributed by atoms with Crippen LogP contribution in [0.2, 0.25) is 0 Å². The monoisotopic (exact) mass is 310 g/mol. The van der Waals surface area contributed by atoms with Crippen molar-refractivity contribution in [2.45, 2.75) is 20.3 Å². The molecule has 0 aromatic heterocycles. The molecule has 0 fully saturated rings. The highest BCUT2D eigenvalue weighted by atomic mass is 31.2. The molecule has 0 bridgehead atoms. The SMILES string of the molecule is Cc1cccc2c(CCP(C)(C)=O)c3ccccc3c(C)c12. The number of benzene rings is 3. The van der Waals surface area contributed by atoms with E-state index in [1.807, 2.05) is 13.3 Å². The lowest BCUT2D eigenvalue weighted by Gasteiger charge is -2.17. The van der Waals surface area contributed by atoms with Crippen LogP contribution in [0.1, 0.15) is 16.7 Å². The van der Waals surface area contributed by atoms with Gasteiger partial charge in [0.05, 0.1) is 7.14 Å². The second-order valence-corrected chi connectivity index (χ2v) is 10.3. The van der Waals surface area contributed by atoms with E-state index < -0.39 is 7.14 Å². The highest BCUT2D eigenvalue weighted by Gasteiger charge is 2.15. The molecule has 22 heavy (non-hydrogen) atoms. The third-order valence-corrected chi connectivity index (χ3v) is 5.83. The Balaban J connectivity index is 2.37. The Hall–Kier alpha value is -1.59. The van der Waals surface area contributed by atoms with Crippen molar-refractivity contribution in [3.05, 3.63) is 59.2 Å². The lowest BCUT2D eigenvalue weighted by Crippen LogP contribution is -1.98. The maximum atomic E-state index is 12.2.